The highest BCUT2D eigenvalue weighted by Gasteiger charge is 2.49. The van der Waals surface area contributed by atoms with E-state index < -0.39 is 0 Å². The van der Waals surface area contributed by atoms with E-state index in [-0.39, 0.29) is 17.6 Å². The van der Waals surface area contributed by atoms with E-state index in [2.05, 4.69) is 9.97 Å². The summed E-state index contributed by atoms with van der Waals surface area (Å²) in [5.74, 6) is 0.701. The normalized spacial score (nSPS) is 21.3. The van der Waals surface area contributed by atoms with E-state index in [1.807, 2.05) is 36.1 Å². The Kier molecular flexibility index (Phi) is 4.59. The van der Waals surface area contributed by atoms with Gasteiger partial charge in [0.15, 0.2) is 0 Å². The van der Waals surface area contributed by atoms with Crippen LogP contribution >= 0.6 is 0 Å². The quantitative estimate of drug-likeness (QED) is 0.843. The molecule has 2 aromatic rings. The summed E-state index contributed by atoms with van der Waals surface area (Å²) in [4.78, 5) is 22.7. The SMILES string of the molecule is Cc1ccccc1CC(=O)N1CC2(CC(Oc3cnccn3)CCO2)C1. The predicted molar refractivity (Wildman–Crippen MR) is 95.8 cm³/mol. The maximum atomic E-state index is 12.6. The van der Waals surface area contributed by atoms with Crippen LogP contribution in [0.4, 0.5) is 0 Å². The van der Waals surface area contributed by atoms with Crippen molar-refractivity contribution in [2.24, 2.45) is 0 Å². The molecule has 0 radical (unpaired) electrons. The van der Waals surface area contributed by atoms with Crippen molar-refractivity contribution in [3.05, 3.63) is 54.0 Å². The summed E-state index contributed by atoms with van der Waals surface area (Å²) in [6.07, 6.45) is 6.98. The van der Waals surface area contributed by atoms with Crippen molar-refractivity contribution < 1.29 is 14.3 Å². The standard InChI is InChI=1S/C20H23N3O3/c1-15-4-2-3-5-16(15)10-19(24)23-13-20(14-23)11-17(6-9-25-20)26-18-12-21-7-8-22-18/h2-5,7-8,12,17H,6,9-11,13-14H2,1H3. The van der Waals surface area contributed by atoms with Crippen LogP contribution in [-0.4, -0.2) is 52.2 Å². The summed E-state index contributed by atoms with van der Waals surface area (Å²) < 4.78 is 12.0. The van der Waals surface area contributed by atoms with Gasteiger partial charge in [0, 0.05) is 25.2 Å². The third-order valence-corrected chi connectivity index (χ3v) is 5.19. The predicted octanol–water partition coefficient (Wildman–Crippen LogP) is 2.17. The molecular weight excluding hydrogens is 330 g/mol. The van der Waals surface area contributed by atoms with Gasteiger partial charge in [0.25, 0.3) is 0 Å². The lowest BCUT2D eigenvalue weighted by atomic mass is 9.84. The lowest BCUT2D eigenvalue weighted by Crippen LogP contribution is -2.67. The van der Waals surface area contributed by atoms with Gasteiger partial charge in [-0.3, -0.25) is 9.78 Å². The minimum absolute atomic E-state index is 0.0501. The summed E-state index contributed by atoms with van der Waals surface area (Å²) in [5.41, 5.74) is 1.97. The average molecular weight is 353 g/mol. The van der Waals surface area contributed by atoms with Crippen LogP contribution in [0.2, 0.25) is 0 Å². The minimum atomic E-state index is -0.271. The smallest absolute Gasteiger partial charge is 0.232 e. The van der Waals surface area contributed by atoms with Crippen LogP contribution in [0.3, 0.4) is 0 Å². The van der Waals surface area contributed by atoms with Crippen molar-refractivity contribution in [1.29, 1.82) is 0 Å². The molecule has 6 heteroatoms. The number of benzene rings is 1. The van der Waals surface area contributed by atoms with Gasteiger partial charge in [0.1, 0.15) is 11.7 Å². The monoisotopic (exact) mass is 353 g/mol. The summed E-state index contributed by atoms with van der Waals surface area (Å²) in [6.45, 7) is 3.96. The van der Waals surface area contributed by atoms with Gasteiger partial charge in [-0.1, -0.05) is 24.3 Å². The van der Waals surface area contributed by atoms with Gasteiger partial charge in [-0.2, -0.15) is 0 Å². The van der Waals surface area contributed by atoms with Crippen LogP contribution < -0.4 is 4.74 Å². The highest BCUT2D eigenvalue weighted by atomic mass is 16.5. The topological polar surface area (TPSA) is 64.6 Å². The summed E-state index contributed by atoms with van der Waals surface area (Å²) >= 11 is 0. The van der Waals surface area contributed by atoms with E-state index in [1.54, 1.807) is 18.6 Å². The lowest BCUT2D eigenvalue weighted by Gasteiger charge is -2.52. The van der Waals surface area contributed by atoms with Crippen LogP contribution in [0.25, 0.3) is 0 Å². The Morgan fingerprint density at radius 1 is 1.35 bits per heavy atom. The minimum Gasteiger partial charge on any atom is -0.473 e. The second kappa shape index (κ2) is 7.03. The van der Waals surface area contributed by atoms with Gasteiger partial charge in [0.2, 0.25) is 11.8 Å². The van der Waals surface area contributed by atoms with E-state index in [4.69, 9.17) is 9.47 Å². The number of rotatable bonds is 4. The Morgan fingerprint density at radius 3 is 2.96 bits per heavy atom. The van der Waals surface area contributed by atoms with Crippen molar-refractivity contribution >= 4 is 5.91 Å². The molecule has 6 nitrogen and oxygen atoms in total. The molecule has 0 aliphatic carbocycles. The van der Waals surface area contributed by atoms with Crippen molar-refractivity contribution in [2.75, 3.05) is 19.7 Å². The third kappa shape index (κ3) is 3.55. The number of likely N-dealkylation sites (tertiary alicyclic amines) is 1. The maximum Gasteiger partial charge on any atom is 0.232 e. The Labute approximate surface area is 153 Å². The molecule has 0 N–H and O–H groups in total. The van der Waals surface area contributed by atoms with Gasteiger partial charge in [-0.05, 0) is 18.1 Å². The molecule has 1 spiro atoms. The molecule has 136 valence electrons. The Morgan fingerprint density at radius 2 is 2.19 bits per heavy atom. The van der Waals surface area contributed by atoms with E-state index in [0.29, 0.717) is 32.0 Å². The Bertz CT molecular complexity index is 775. The average Bonchev–Trinajstić information content (AvgIpc) is 2.62. The Balaban J connectivity index is 1.32. The lowest BCUT2D eigenvalue weighted by molar-refractivity contribution is -0.193. The fourth-order valence-electron chi connectivity index (χ4n) is 3.73. The maximum absolute atomic E-state index is 12.6. The zero-order valence-corrected chi connectivity index (χ0v) is 14.9. The molecule has 26 heavy (non-hydrogen) atoms. The number of aromatic nitrogens is 2. The van der Waals surface area contributed by atoms with Crippen molar-refractivity contribution in [2.45, 2.75) is 37.9 Å². The van der Waals surface area contributed by atoms with Crippen LogP contribution in [0.1, 0.15) is 24.0 Å². The molecule has 2 fully saturated rings. The van der Waals surface area contributed by atoms with Crippen LogP contribution in [0, 0.1) is 6.92 Å². The highest BCUT2D eigenvalue weighted by molar-refractivity contribution is 5.80. The third-order valence-electron chi connectivity index (χ3n) is 5.19. The molecule has 0 bridgehead atoms. The largest absolute Gasteiger partial charge is 0.473 e. The number of carbonyl (C=O) groups is 1. The first-order valence-electron chi connectivity index (χ1n) is 9.02. The summed E-state index contributed by atoms with van der Waals surface area (Å²) in [5, 5.41) is 0. The molecule has 4 rings (SSSR count). The molecule has 1 atom stereocenters. The van der Waals surface area contributed by atoms with Gasteiger partial charge in [-0.15, -0.1) is 0 Å². The first-order valence-corrected chi connectivity index (χ1v) is 9.02. The first kappa shape index (κ1) is 17.0. The van der Waals surface area contributed by atoms with Gasteiger partial charge in [-0.25, -0.2) is 4.98 Å². The number of ether oxygens (including phenoxy) is 2. The zero-order valence-electron chi connectivity index (χ0n) is 14.9. The zero-order chi connectivity index (χ0) is 18.0. The van der Waals surface area contributed by atoms with Gasteiger partial charge < -0.3 is 14.4 Å². The van der Waals surface area contributed by atoms with Crippen molar-refractivity contribution in [3.8, 4) is 5.88 Å². The molecule has 1 unspecified atom stereocenters. The number of carbonyl (C=O) groups excluding carboxylic acids is 1. The van der Waals surface area contributed by atoms with E-state index in [0.717, 1.165) is 24.0 Å². The molecule has 2 aliphatic heterocycles. The van der Waals surface area contributed by atoms with Gasteiger partial charge in [0.05, 0.1) is 32.3 Å². The van der Waals surface area contributed by atoms with Crippen LogP contribution in [0.5, 0.6) is 5.88 Å². The molecule has 1 amide bonds. The van der Waals surface area contributed by atoms with Gasteiger partial charge >= 0.3 is 0 Å². The Hall–Kier alpha value is -2.47. The summed E-state index contributed by atoms with van der Waals surface area (Å²) in [6, 6.07) is 8.03. The van der Waals surface area contributed by atoms with E-state index >= 15 is 0 Å². The second-order valence-corrected chi connectivity index (χ2v) is 7.16. The van der Waals surface area contributed by atoms with Crippen molar-refractivity contribution in [1.82, 2.24) is 14.9 Å². The van der Waals surface area contributed by atoms with Crippen LogP contribution in [-0.2, 0) is 16.0 Å². The molecule has 1 aromatic heterocycles. The molecule has 2 saturated heterocycles. The fraction of sp³-hybridized carbons (Fsp3) is 0.450. The number of nitrogens with zero attached hydrogens (tertiary/aromatic N) is 3. The number of aryl methyl sites for hydroxylation is 1. The number of amides is 1. The molecule has 0 saturated carbocycles. The highest BCUT2D eigenvalue weighted by Crippen LogP contribution is 2.35. The molecule has 1 aromatic carbocycles. The fourth-order valence-corrected chi connectivity index (χ4v) is 3.73. The molecule has 2 aliphatic rings. The second-order valence-electron chi connectivity index (χ2n) is 7.16. The molecular formula is C20H23N3O3. The molecule has 3 heterocycles. The van der Waals surface area contributed by atoms with E-state index in [1.165, 1.54) is 0 Å². The van der Waals surface area contributed by atoms with Crippen molar-refractivity contribution in [3.63, 3.8) is 0 Å². The number of hydrogen-bond donors (Lipinski definition) is 0. The van der Waals surface area contributed by atoms with Crippen LogP contribution in [0.15, 0.2) is 42.9 Å². The van der Waals surface area contributed by atoms with E-state index in [9.17, 15) is 4.79 Å². The first-order chi connectivity index (χ1) is 12.6. The summed E-state index contributed by atoms with van der Waals surface area (Å²) in [7, 11) is 0. The number of hydrogen-bond acceptors (Lipinski definition) is 5.